The van der Waals surface area contributed by atoms with Gasteiger partial charge < -0.3 is 10.2 Å². The predicted molar refractivity (Wildman–Crippen MR) is 89.2 cm³/mol. The minimum absolute atomic E-state index is 0.920. The molecule has 3 rings (SSSR count). The number of aryl methyl sites for hydroxylation is 2. The topological polar surface area (TPSA) is 32.6 Å². The zero-order chi connectivity index (χ0) is 14.7. The van der Waals surface area contributed by atoms with Crippen LogP contribution < -0.4 is 5.32 Å². The van der Waals surface area contributed by atoms with Crippen LogP contribution in [0.1, 0.15) is 41.9 Å². The number of fused-ring (bicyclic) bond motifs is 1. The van der Waals surface area contributed by atoms with E-state index in [1.54, 1.807) is 11.3 Å². The summed E-state index contributed by atoms with van der Waals surface area (Å²) < 4.78 is 2.24. The molecule has 0 atom stereocenters. The minimum Gasteiger partial charge on any atom is -0.311 e. The molecule has 116 valence electrons. The van der Waals surface area contributed by atoms with E-state index < -0.39 is 0 Å². The van der Waals surface area contributed by atoms with Crippen LogP contribution in [0.15, 0.2) is 6.20 Å². The summed E-state index contributed by atoms with van der Waals surface area (Å²) in [5.74, 6) is 0. The Morgan fingerprint density at radius 2 is 2.05 bits per heavy atom. The van der Waals surface area contributed by atoms with Gasteiger partial charge in [-0.3, -0.25) is 4.40 Å². The van der Waals surface area contributed by atoms with Crippen molar-refractivity contribution in [3.8, 4) is 0 Å². The average Bonchev–Trinajstić information content (AvgIpc) is 2.96. The van der Waals surface area contributed by atoms with Gasteiger partial charge in [0.25, 0.3) is 0 Å². The van der Waals surface area contributed by atoms with Crippen LogP contribution in [-0.4, -0.2) is 40.5 Å². The number of nitrogens with one attached hydrogen (secondary N) is 1. The zero-order valence-corrected chi connectivity index (χ0v) is 14.0. The minimum atomic E-state index is 0.920. The third-order valence-electron chi connectivity index (χ3n) is 4.31. The van der Waals surface area contributed by atoms with Crippen molar-refractivity contribution in [2.24, 2.45) is 0 Å². The maximum absolute atomic E-state index is 4.64. The molecule has 1 aliphatic rings. The van der Waals surface area contributed by atoms with Gasteiger partial charge in [0.05, 0.1) is 11.4 Å². The number of nitrogens with zero attached hydrogens (tertiary/aromatic N) is 3. The summed E-state index contributed by atoms with van der Waals surface area (Å²) >= 11 is 1.77. The molecule has 0 radical (unpaired) electrons. The van der Waals surface area contributed by atoms with Gasteiger partial charge in [-0.05, 0) is 59.3 Å². The molecule has 0 spiro atoms. The van der Waals surface area contributed by atoms with Crippen molar-refractivity contribution in [1.82, 2.24) is 19.6 Å². The molecule has 1 saturated heterocycles. The SMILES string of the molecule is Cc1cn2c(CNCCCN3CCCCC3)c(C)nc2s1. The highest BCUT2D eigenvalue weighted by molar-refractivity contribution is 7.17. The molecular weight excluding hydrogens is 280 g/mol. The van der Waals surface area contributed by atoms with Crippen molar-refractivity contribution in [1.29, 1.82) is 0 Å². The molecule has 1 fully saturated rings. The number of thiazole rings is 1. The number of imidazole rings is 1. The average molecular weight is 306 g/mol. The number of aromatic nitrogens is 2. The Hall–Kier alpha value is -0.910. The highest BCUT2D eigenvalue weighted by Gasteiger charge is 2.11. The first-order valence-electron chi connectivity index (χ1n) is 8.11. The maximum atomic E-state index is 4.64. The number of piperidine rings is 1. The lowest BCUT2D eigenvalue weighted by Gasteiger charge is -2.26. The Kier molecular flexibility index (Phi) is 4.93. The van der Waals surface area contributed by atoms with Gasteiger partial charge in [-0.15, -0.1) is 11.3 Å². The van der Waals surface area contributed by atoms with Crippen LogP contribution in [0.3, 0.4) is 0 Å². The summed E-state index contributed by atoms with van der Waals surface area (Å²) in [4.78, 5) is 9.69. The molecule has 0 saturated carbocycles. The summed E-state index contributed by atoms with van der Waals surface area (Å²) in [6, 6.07) is 0. The molecule has 0 aromatic carbocycles. The largest absolute Gasteiger partial charge is 0.311 e. The lowest BCUT2D eigenvalue weighted by molar-refractivity contribution is 0.225. The standard InChI is InChI=1S/C16H26N4S/c1-13-12-20-15(14(2)18-16(20)21-13)11-17-7-6-10-19-8-4-3-5-9-19/h12,17H,3-11H2,1-2H3. The second kappa shape index (κ2) is 6.90. The summed E-state index contributed by atoms with van der Waals surface area (Å²) in [6.45, 7) is 10.1. The van der Waals surface area contributed by atoms with Crippen LogP contribution in [0.25, 0.3) is 4.96 Å². The lowest BCUT2D eigenvalue weighted by atomic mass is 10.1. The first-order chi connectivity index (χ1) is 10.2. The lowest BCUT2D eigenvalue weighted by Crippen LogP contribution is -2.32. The fraction of sp³-hybridized carbons (Fsp3) is 0.688. The van der Waals surface area contributed by atoms with Crippen molar-refractivity contribution >= 4 is 16.3 Å². The number of hydrogen-bond acceptors (Lipinski definition) is 4. The third-order valence-corrected chi connectivity index (χ3v) is 5.21. The second-order valence-electron chi connectivity index (χ2n) is 6.07. The van der Waals surface area contributed by atoms with Crippen LogP contribution in [0.4, 0.5) is 0 Å². The molecule has 0 aliphatic carbocycles. The maximum Gasteiger partial charge on any atom is 0.194 e. The van der Waals surface area contributed by atoms with Gasteiger partial charge in [-0.2, -0.15) is 0 Å². The fourth-order valence-corrected chi connectivity index (χ4v) is 4.03. The van der Waals surface area contributed by atoms with Crippen LogP contribution >= 0.6 is 11.3 Å². The Labute approximate surface area is 131 Å². The second-order valence-corrected chi connectivity index (χ2v) is 7.28. The van der Waals surface area contributed by atoms with E-state index in [1.165, 1.54) is 55.9 Å². The molecule has 21 heavy (non-hydrogen) atoms. The predicted octanol–water partition coefficient (Wildman–Crippen LogP) is 2.98. The highest BCUT2D eigenvalue weighted by Crippen LogP contribution is 2.20. The molecule has 4 nitrogen and oxygen atoms in total. The molecule has 5 heteroatoms. The van der Waals surface area contributed by atoms with Gasteiger partial charge >= 0.3 is 0 Å². The molecule has 0 unspecified atom stereocenters. The van der Waals surface area contributed by atoms with E-state index in [0.29, 0.717) is 0 Å². The quantitative estimate of drug-likeness (QED) is 0.833. The van der Waals surface area contributed by atoms with E-state index in [9.17, 15) is 0 Å². The Bertz CT molecular complexity index is 580. The molecule has 2 aromatic rings. The van der Waals surface area contributed by atoms with Crippen LogP contribution in [-0.2, 0) is 6.54 Å². The van der Waals surface area contributed by atoms with Crippen LogP contribution in [0, 0.1) is 13.8 Å². The summed E-state index contributed by atoms with van der Waals surface area (Å²) in [5, 5.41) is 3.59. The van der Waals surface area contributed by atoms with E-state index in [2.05, 4.69) is 39.6 Å². The number of rotatable bonds is 6. The van der Waals surface area contributed by atoms with Crippen molar-refractivity contribution in [2.45, 2.75) is 46.1 Å². The molecule has 2 aromatic heterocycles. The van der Waals surface area contributed by atoms with Crippen molar-refractivity contribution in [2.75, 3.05) is 26.2 Å². The Morgan fingerprint density at radius 1 is 1.24 bits per heavy atom. The van der Waals surface area contributed by atoms with Gasteiger partial charge in [0.1, 0.15) is 0 Å². The van der Waals surface area contributed by atoms with Crippen LogP contribution in [0.5, 0.6) is 0 Å². The van der Waals surface area contributed by atoms with Crippen molar-refractivity contribution < 1.29 is 0 Å². The molecule has 0 amide bonds. The number of hydrogen-bond donors (Lipinski definition) is 1. The van der Waals surface area contributed by atoms with E-state index in [-0.39, 0.29) is 0 Å². The fourth-order valence-electron chi connectivity index (χ4n) is 3.14. The molecule has 0 bridgehead atoms. The first-order valence-corrected chi connectivity index (χ1v) is 8.93. The molecular formula is C16H26N4S. The van der Waals surface area contributed by atoms with Gasteiger partial charge in [-0.25, -0.2) is 4.98 Å². The van der Waals surface area contributed by atoms with E-state index >= 15 is 0 Å². The highest BCUT2D eigenvalue weighted by atomic mass is 32.1. The van der Waals surface area contributed by atoms with Gasteiger partial charge in [0.2, 0.25) is 0 Å². The normalized spacial score (nSPS) is 16.9. The summed E-state index contributed by atoms with van der Waals surface area (Å²) in [6.07, 6.45) is 7.63. The molecule has 1 N–H and O–H groups in total. The summed E-state index contributed by atoms with van der Waals surface area (Å²) in [7, 11) is 0. The van der Waals surface area contributed by atoms with Gasteiger partial charge in [0.15, 0.2) is 4.96 Å². The van der Waals surface area contributed by atoms with Crippen LogP contribution in [0.2, 0.25) is 0 Å². The van der Waals surface area contributed by atoms with E-state index in [0.717, 1.165) is 23.7 Å². The smallest absolute Gasteiger partial charge is 0.194 e. The molecule has 1 aliphatic heterocycles. The first kappa shape index (κ1) is 15.0. The zero-order valence-electron chi connectivity index (χ0n) is 13.2. The van der Waals surface area contributed by atoms with Crippen molar-refractivity contribution in [3.63, 3.8) is 0 Å². The summed E-state index contributed by atoms with van der Waals surface area (Å²) in [5.41, 5.74) is 2.47. The van der Waals surface area contributed by atoms with E-state index in [1.807, 2.05) is 0 Å². The van der Waals surface area contributed by atoms with Gasteiger partial charge in [0, 0.05) is 17.6 Å². The van der Waals surface area contributed by atoms with Gasteiger partial charge in [-0.1, -0.05) is 6.42 Å². The Balaban J connectivity index is 1.44. The van der Waals surface area contributed by atoms with Crippen molar-refractivity contribution in [3.05, 3.63) is 22.5 Å². The monoisotopic (exact) mass is 306 g/mol. The third kappa shape index (κ3) is 3.65. The Morgan fingerprint density at radius 3 is 2.86 bits per heavy atom. The molecule has 3 heterocycles. The van der Waals surface area contributed by atoms with E-state index in [4.69, 9.17) is 0 Å². The number of likely N-dealkylation sites (tertiary alicyclic amines) is 1.